The summed E-state index contributed by atoms with van der Waals surface area (Å²) in [5.41, 5.74) is 17.1. The average Bonchev–Trinajstić information content (AvgIpc) is 3.66. The summed E-state index contributed by atoms with van der Waals surface area (Å²) in [4.78, 5) is 110. The summed E-state index contributed by atoms with van der Waals surface area (Å²) in [7, 11) is 0. The second-order valence-corrected chi connectivity index (χ2v) is 13.6. The van der Waals surface area contributed by atoms with Crippen molar-refractivity contribution in [2.75, 3.05) is 26.2 Å². The smallest absolute Gasteiger partial charge is 0.245 e. The Balaban J connectivity index is 0.00000258. The van der Waals surface area contributed by atoms with Crippen LogP contribution in [0.15, 0.2) is 35.3 Å². The highest BCUT2D eigenvalue weighted by Crippen LogP contribution is 2.20. The molecule has 56 heavy (non-hydrogen) atoms. The van der Waals surface area contributed by atoms with E-state index in [1.54, 1.807) is 30.3 Å². The van der Waals surface area contributed by atoms with Crippen molar-refractivity contribution in [1.29, 1.82) is 0 Å². The number of aliphatic imine (C=N–C) groups is 1. The van der Waals surface area contributed by atoms with E-state index in [0.717, 1.165) is 0 Å². The van der Waals surface area contributed by atoms with Gasteiger partial charge in [0.2, 0.25) is 47.3 Å². The average molecular weight is 786 g/mol. The molecular formula is C37H59N11O8. The van der Waals surface area contributed by atoms with E-state index >= 15 is 0 Å². The monoisotopic (exact) mass is 785 g/mol. The third-order valence-corrected chi connectivity index (χ3v) is 9.04. The SMILES string of the molecule is CC(=O)NCC(=O)NC1CCC(=O)NCCC(C(N)=O)NC(=O)[C@H](CCCN=C(N)N)NC(=O)C(Cc2ccccc2)NC(=O)[C@@H]2CCCN2C1=O.CCCC. The number of guanidine groups is 1. The lowest BCUT2D eigenvalue weighted by Crippen LogP contribution is -2.59. The number of carbonyl (C=O) groups excluding carboxylic acids is 8. The Labute approximate surface area is 327 Å². The molecule has 8 amide bonds. The third kappa shape index (κ3) is 16.7. The number of primary amides is 1. The van der Waals surface area contributed by atoms with Gasteiger partial charge in [0.15, 0.2) is 5.96 Å². The first-order valence-corrected chi connectivity index (χ1v) is 19.1. The van der Waals surface area contributed by atoms with E-state index < -0.39 is 84.0 Å². The first-order chi connectivity index (χ1) is 26.7. The number of unbranched alkanes of at least 4 members (excludes halogenated alkanes) is 1. The normalized spacial score (nSPS) is 22.4. The summed E-state index contributed by atoms with van der Waals surface area (Å²) in [6, 6.07) is 2.95. The van der Waals surface area contributed by atoms with Gasteiger partial charge in [-0.2, -0.15) is 0 Å². The number of nitrogens with zero attached hydrogens (tertiary/aromatic N) is 2. The van der Waals surface area contributed by atoms with Crippen LogP contribution in [0.3, 0.4) is 0 Å². The molecule has 2 fully saturated rings. The first kappa shape index (κ1) is 46.4. The number of nitrogens with two attached hydrogens (primary N) is 3. The summed E-state index contributed by atoms with van der Waals surface area (Å²) in [5, 5.41) is 15.5. The molecule has 310 valence electrons. The Morgan fingerprint density at radius 2 is 1.54 bits per heavy atom. The van der Waals surface area contributed by atoms with Gasteiger partial charge in [0.25, 0.3) is 0 Å². The van der Waals surface area contributed by atoms with Crippen LogP contribution in [-0.4, -0.2) is 115 Å². The van der Waals surface area contributed by atoms with Crippen LogP contribution in [0.2, 0.25) is 0 Å². The van der Waals surface area contributed by atoms with Crippen LogP contribution in [0.5, 0.6) is 0 Å². The Morgan fingerprint density at radius 1 is 0.875 bits per heavy atom. The topological polar surface area (TPSA) is 302 Å². The van der Waals surface area contributed by atoms with Gasteiger partial charge in [-0.3, -0.25) is 43.3 Å². The number of carbonyl (C=O) groups is 8. The number of amides is 8. The van der Waals surface area contributed by atoms with Gasteiger partial charge in [-0.1, -0.05) is 57.0 Å². The zero-order valence-electron chi connectivity index (χ0n) is 32.6. The van der Waals surface area contributed by atoms with Crippen LogP contribution in [0.4, 0.5) is 0 Å². The van der Waals surface area contributed by atoms with Gasteiger partial charge in [-0.05, 0) is 44.1 Å². The van der Waals surface area contributed by atoms with Gasteiger partial charge in [0.1, 0.15) is 30.2 Å². The Morgan fingerprint density at radius 3 is 2.16 bits per heavy atom. The maximum atomic E-state index is 13.9. The maximum absolute atomic E-state index is 13.9. The minimum Gasteiger partial charge on any atom is -0.370 e. The van der Waals surface area contributed by atoms with E-state index in [1.807, 2.05) is 0 Å². The summed E-state index contributed by atoms with van der Waals surface area (Å²) in [5.74, 6) is -5.41. The van der Waals surface area contributed by atoms with Gasteiger partial charge in [-0.25, -0.2) is 0 Å². The van der Waals surface area contributed by atoms with Crippen molar-refractivity contribution >= 4 is 53.2 Å². The second-order valence-electron chi connectivity index (χ2n) is 13.6. The van der Waals surface area contributed by atoms with E-state index in [4.69, 9.17) is 17.2 Å². The molecule has 3 rings (SSSR count). The summed E-state index contributed by atoms with van der Waals surface area (Å²) < 4.78 is 0. The molecule has 2 saturated heterocycles. The van der Waals surface area contributed by atoms with E-state index in [9.17, 15) is 38.4 Å². The molecule has 0 aromatic heterocycles. The van der Waals surface area contributed by atoms with E-state index in [1.165, 1.54) is 24.7 Å². The van der Waals surface area contributed by atoms with Crippen LogP contribution >= 0.6 is 0 Å². The van der Waals surface area contributed by atoms with Crippen LogP contribution < -0.4 is 49.1 Å². The van der Waals surface area contributed by atoms with Gasteiger partial charge in [-0.15, -0.1) is 0 Å². The molecule has 2 aliphatic rings. The molecule has 0 bridgehead atoms. The molecule has 2 heterocycles. The van der Waals surface area contributed by atoms with Gasteiger partial charge < -0.3 is 54.0 Å². The van der Waals surface area contributed by atoms with E-state index in [2.05, 4.69) is 50.7 Å². The molecule has 2 aliphatic heterocycles. The zero-order chi connectivity index (χ0) is 41.6. The standard InChI is InChI=1S/C33H49N11O8.C4H10/c1-19(45)39-18-27(47)40-23-11-12-26(46)37-15-13-21(28(34)48)41-29(49)22(9-5-14-38-33(35)36)42-30(50)24(17-20-7-3-2-4-8-20)43-31(51)25-10-6-16-44(25)32(23)52;1-3-4-2/h2-4,7-8,21-25H,5-6,9-18H2,1H3,(H2,34,48)(H,37,46)(H,39,45)(H,40,47)(H,41,49)(H,42,50)(H,43,51)(H4,35,36,38);3-4H2,1-2H3/t21?,22-,23?,24?,25-;/m0./s1. The van der Waals surface area contributed by atoms with Crippen LogP contribution in [0, 0.1) is 0 Å². The fourth-order valence-corrected chi connectivity index (χ4v) is 5.86. The second kappa shape index (κ2) is 24.6. The molecule has 0 spiro atoms. The largest absolute Gasteiger partial charge is 0.370 e. The number of benzene rings is 1. The Hall–Kier alpha value is -5.75. The maximum Gasteiger partial charge on any atom is 0.245 e. The fourth-order valence-electron chi connectivity index (χ4n) is 5.86. The van der Waals surface area contributed by atoms with Crippen LogP contribution in [-0.2, 0) is 44.8 Å². The molecular weight excluding hydrogens is 726 g/mol. The number of hydrogen-bond acceptors (Lipinski definition) is 9. The highest BCUT2D eigenvalue weighted by atomic mass is 16.2. The summed E-state index contributed by atoms with van der Waals surface area (Å²) in [6.07, 6.45) is 3.19. The molecule has 0 radical (unpaired) electrons. The highest BCUT2D eigenvalue weighted by molar-refractivity contribution is 5.97. The molecule has 1 aromatic carbocycles. The minimum atomic E-state index is -1.23. The van der Waals surface area contributed by atoms with Gasteiger partial charge in [0.05, 0.1) is 6.54 Å². The quantitative estimate of drug-likeness (QED) is 0.0672. The molecule has 19 heteroatoms. The first-order valence-electron chi connectivity index (χ1n) is 19.1. The predicted octanol–water partition coefficient (Wildman–Crippen LogP) is -2.06. The van der Waals surface area contributed by atoms with Crippen LogP contribution in [0.25, 0.3) is 0 Å². The minimum absolute atomic E-state index is 0.0287. The number of fused-ring (bicyclic) bond motifs is 1. The van der Waals surface area contributed by atoms with E-state index in [0.29, 0.717) is 12.0 Å². The number of nitrogens with one attached hydrogen (secondary N) is 6. The molecule has 12 N–H and O–H groups in total. The van der Waals surface area contributed by atoms with Gasteiger partial charge >= 0.3 is 0 Å². The van der Waals surface area contributed by atoms with Crippen molar-refractivity contribution in [3.05, 3.63) is 35.9 Å². The van der Waals surface area contributed by atoms with Crippen molar-refractivity contribution in [2.45, 2.75) is 115 Å². The lowest BCUT2D eigenvalue weighted by Gasteiger charge is -2.30. The fraction of sp³-hybridized carbons (Fsp3) is 0.595. The molecule has 3 unspecified atom stereocenters. The van der Waals surface area contributed by atoms with Gasteiger partial charge in [0, 0.05) is 39.4 Å². The molecule has 0 saturated carbocycles. The number of rotatable bonds is 11. The summed E-state index contributed by atoms with van der Waals surface area (Å²) >= 11 is 0. The molecule has 5 atom stereocenters. The zero-order valence-corrected chi connectivity index (χ0v) is 32.6. The van der Waals surface area contributed by atoms with Crippen molar-refractivity contribution in [3.63, 3.8) is 0 Å². The lowest BCUT2D eigenvalue weighted by molar-refractivity contribution is -0.142. The Bertz CT molecular complexity index is 1540. The van der Waals surface area contributed by atoms with Crippen molar-refractivity contribution in [2.24, 2.45) is 22.2 Å². The predicted molar refractivity (Wildman–Crippen MR) is 208 cm³/mol. The van der Waals surface area contributed by atoms with Crippen LogP contribution in [0.1, 0.15) is 84.1 Å². The summed E-state index contributed by atoms with van der Waals surface area (Å²) in [6.45, 7) is 5.39. The lowest BCUT2D eigenvalue weighted by atomic mass is 10.0. The van der Waals surface area contributed by atoms with Crippen molar-refractivity contribution in [3.8, 4) is 0 Å². The van der Waals surface area contributed by atoms with E-state index in [-0.39, 0.29) is 70.5 Å². The molecule has 19 nitrogen and oxygen atoms in total. The number of hydrogen-bond donors (Lipinski definition) is 9. The Kier molecular flexibility index (Phi) is 20.4. The molecule has 0 aliphatic carbocycles. The third-order valence-electron chi connectivity index (χ3n) is 9.04. The molecule has 1 aromatic rings. The van der Waals surface area contributed by atoms with Crippen molar-refractivity contribution in [1.82, 2.24) is 36.8 Å². The van der Waals surface area contributed by atoms with Crippen molar-refractivity contribution < 1.29 is 38.4 Å². The highest BCUT2D eigenvalue weighted by Gasteiger charge is 2.39.